The van der Waals surface area contributed by atoms with E-state index >= 15 is 0 Å². The van der Waals surface area contributed by atoms with E-state index in [1.807, 2.05) is 0 Å². The molecular formula is C17H17FN4O2S. The molecule has 1 aliphatic heterocycles. The van der Waals surface area contributed by atoms with E-state index in [9.17, 15) is 9.18 Å². The fraction of sp³-hybridized carbons (Fsp3) is 0.235. The Morgan fingerprint density at radius 2 is 2.16 bits per heavy atom. The number of rotatable bonds is 3. The quantitative estimate of drug-likeness (QED) is 0.575. The molecule has 4 N–H and O–H groups in total. The highest BCUT2D eigenvalue weighted by Gasteiger charge is 2.37. The number of benzene rings is 1. The van der Waals surface area contributed by atoms with E-state index in [0.29, 0.717) is 28.2 Å². The summed E-state index contributed by atoms with van der Waals surface area (Å²) in [6, 6.07) is 6.24. The molecule has 0 bridgehead atoms. The number of aromatic nitrogens is 2. The lowest BCUT2D eigenvalue weighted by Gasteiger charge is -2.30. The number of carbonyl (C=O) groups excluding carboxylic acids is 1. The fourth-order valence-corrected chi connectivity index (χ4v) is 3.19. The molecule has 2 aromatic rings. The molecule has 25 heavy (non-hydrogen) atoms. The molecular weight excluding hydrogens is 343 g/mol. The van der Waals surface area contributed by atoms with Crippen LogP contribution in [0.5, 0.6) is 0 Å². The van der Waals surface area contributed by atoms with Crippen molar-refractivity contribution < 1.29 is 13.9 Å². The number of H-pyrrole nitrogens is 1. The maximum Gasteiger partial charge on any atom is 0.336 e. The first-order valence-electron chi connectivity index (χ1n) is 7.73. The maximum absolute atomic E-state index is 14.5. The molecule has 0 amide bonds. The molecule has 1 atom stereocenters. The Morgan fingerprint density at radius 3 is 2.84 bits per heavy atom. The fourth-order valence-electron chi connectivity index (χ4n) is 2.99. The molecule has 0 saturated heterocycles. The number of aromatic amines is 1. The molecule has 0 aliphatic carbocycles. The number of nitrogen functional groups attached to an aromatic ring is 1. The largest absolute Gasteiger partial charge is 0.463 e. The summed E-state index contributed by atoms with van der Waals surface area (Å²) in [6.07, 6.45) is 0. The molecule has 1 unspecified atom stereocenters. The number of ether oxygens (including phenoxy) is 1. The van der Waals surface area contributed by atoms with Crippen LogP contribution >= 0.6 is 12.2 Å². The van der Waals surface area contributed by atoms with E-state index in [1.165, 1.54) is 6.07 Å². The molecule has 2 heterocycles. The van der Waals surface area contributed by atoms with Gasteiger partial charge in [-0.15, -0.1) is 0 Å². The van der Waals surface area contributed by atoms with Crippen LogP contribution in [0.1, 0.15) is 30.9 Å². The lowest BCUT2D eigenvalue weighted by Crippen LogP contribution is -2.27. The van der Waals surface area contributed by atoms with E-state index in [4.69, 9.17) is 22.7 Å². The Balaban J connectivity index is 2.30. The number of fused-ring (bicyclic) bond motifs is 1. The van der Waals surface area contributed by atoms with Gasteiger partial charge in [-0.1, -0.05) is 18.2 Å². The van der Waals surface area contributed by atoms with Crippen molar-refractivity contribution in [2.24, 2.45) is 0 Å². The van der Waals surface area contributed by atoms with Crippen LogP contribution in [0.2, 0.25) is 0 Å². The molecule has 6 nitrogen and oxygen atoms in total. The van der Waals surface area contributed by atoms with Crippen molar-refractivity contribution >= 4 is 29.8 Å². The first-order valence-corrected chi connectivity index (χ1v) is 8.13. The van der Waals surface area contributed by atoms with Crippen molar-refractivity contribution in [1.82, 2.24) is 9.97 Å². The first kappa shape index (κ1) is 17.1. The van der Waals surface area contributed by atoms with E-state index < -0.39 is 17.7 Å². The second-order valence-electron chi connectivity index (χ2n) is 5.56. The van der Waals surface area contributed by atoms with Gasteiger partial charge in [0.25, 0.3) is 0 Å². The summed E-state index contributed by atoms with van der Waals surface area (Å²) < 4.78 is 19.9. The number of anilines is 2. The van der Waals surface area contributed by atoms with Crippen LogP contribution < -0.4 is 11.1 Å². The third kappa shape index (κ3) is 3.00. The van der Waals surface area contributed by atoms with Crippen LogP contribution in [0.15, 0.2) is 35.5 Å². The van der Waals surface area contributed by atoms with Crippen LogP contribution in [0.3, 0.4) is 0 Å². The molecule has 1 aromatic carbocycles. The number of hydrogen-bond acceptors (Lipinski definition) is 6. The topological polar surface area (TPSA) is 93.0 Å². The highest BCUT2D eigenvalue weighted by molar-refractivity contribution is 7.71. The summed E-state index contributed by atoms with van der Waals surface area (Å²) in [4.78, 5) is 19.6. The molecule has 1 aromatic heterocycles. The van der Waals surface area contributed by atoms with Crippen LogP contribution in [-0.4, -0.2) is 22.5 Å². The molecule has 130 valence electrons. The van der Waals surface area contributed by atoms with Crippen molar-refractivity contribution in [2.75, 3.05) is 17.7 Å². The van der Waals surface area contributed by atoms with Crippen molar-refractivity contribution in [2.45, 2.75) is 19.8 Å². The second kappa shape index (κ2) is 6.64. The smallest absolute Gasteiger partial charge is 0.336 e. The summed E-state index contributed by atoms with van der Waals surface area (Å²) in [5.74, 6) is -1.11. The highest BCUT2D eigenvalue weighted by Crippen LogP contribution is 2.44. The van der Waals surface area contributed by atoms with Crippen molar-refractivity contribution in [3.05, 3.63) is 57.3 Å². The van der Waals surface area contributed by atoms with E-state index in [0.717, 1.165) is 0 Å². The Hall–Kier alpha value is -2.74. The average Bonchev–Trinajstić information content (AvgIpc) is 2.53. The van der Waals surface area contributed by atoms with Gasteiger partial charge in [0, 0.05) is 16.8 Å². The van der Waals surface area contributed by atoms with Gasteiger partial charge in [-0.25, -0.2) is 14.2 Å². The summed E-state index contributed by atoms with van der Waals surface area (Å²) in [6.45, 7) is 3.63. The van der Waals surface area contributed by atoms with Gasteiger partial charge >= 0.3 is 5.97 Å². The molecule has 8 heteroatoms. The van der Waals surface area contributed by atoms with Crippen LogP contribution in [0.4, 0.5) is 16.0 Å². The summed E-state index contributed by atoms with van der Waals surface area (Å²) in [7, 11) is 0. The summed E-state index contributed by atoms with van der Waals surface area (Å²) in [5, 5.41) is 3.03. The summed E-state index contributed by atoms with van der Waals surface area (Å²) in [5.41, 5.74) is 7.69. The zero-order valence-corrected chi connectivity index (χ0v) is 14.5. The average molecular weight is 360 g/mol. The number of nitrogens with one attached hydrogen (secondary N) is 2. The number of nitrogens with zero attached hydrogens (tertiary/aromatic N) is 1. The zero-order valence-electron chi connectivity index (χ0n) is 13.7. The molecule has 0 saturated carbocycles. The lowest BCUT2D eigenvalue weighted by molar-refractivity contribution is -0.138. The minimum atomic E-state index is -0.754. The number of halogens is 1. The number of carbonyl (C=O) groups is 1. The van der Waals surface area contributed by atoms with E-state index in [1.54, 1.807) is 32.0 Å². The number of nitrogens with two attached hydrogens (primary N) is 1. The van der Waals surface area contributed by atoms with Crippen LogP contribution in [-0.2, 0) is 9.53 Å². The van der Waals surface area contributed by atoms with Crippen LogP contribution in [0, 0.1) is 10.6 Å². The third-order valence-electron chi connectivity index (χ3n) is 4.00. The number of allylic oxidation sites excluding steroid dienone is 1. The molecule has 0 radical (unpaired) electrons. The Bertz CT molecular complexity index is 938. The van der Waals surface area contributed by atoms with Crippen molar-refractivity contribution in [1.29, 1.82) is 0 Å². The predicted octanol–water partition coefficient (Wildman–Crippen LogP) is 3.25. The second-order valence-corrected chi connectivity index (χ2v) is 5.94. The lowest BCUT2D eigenvalue weighted by atomic mass is 9.81. The molecule has 1 aliphatic rings. The number of esters is 1. The zero-order chi connectivity index (χ0) is 18.1. The Labute approximate surface area is 148 Å². The maximum atomic E-state index is 14.5. The number of hydrogen-bond donors (Lipinski definition) is 3. The van der Waals surface area contributed by atoms with E-state index in [2.05, 4.69) is 15.3 Å². The van der Waals surface area contributed by atoms with Gasteiger partial charge in [0.15, 0.2) is 4.77 Å². The molecule has 3 rings (SSSR count). The van der Waals surface area contributed by atoms with Gasteiger partial charge in [0.2, 0.25) is 0 Å². The Kier molecular flexibility index (Phi) is 4.54. The first-order chi connectivity index (χ1) is 11.9. The minimum Gasteiger partial charge on any atom is -0.463 e. The van der Waals surface area contributed by atoms with Gasteiger partial charge in [-0.05, 0) is 32.1 Å². The monoisotopic (exact) mass is 360 g/mol. The summed E-state index contributed by atoms with van der Waals surface area (Å²) >= 11 is 5.06. The van der Waals surface area contributed by atoms with Crippen molar-refractivity contribution in [3.8, 4) is 0 Å². The standard InChI is InChI=1S/C17H17FN4O2S/c1-3-24-16(23)11-8(2)20-15-13(14(19)21-17(25)22-15)12(11)9-6-4-5-7-10(9)18/h4-7,12H,3H2,1-2H3,(H4,19,20,21,22,25). The van der Waals surface area contributed by atoms with Gasteiger partial charge in [0.05, 0.1) is 18.1 Å². The van der Waals surface area contributed by atoms with Gasteiger partial charge in [-0.2, -0.15) is 0 Å². The van der Waals surface area contributed by atoms with Gasteiger partial charge in [0.1, 0.15) is 17.5 Å². The minimum absolute atomic E-state index is 0.198. The molecule has 0 fully saturated rings. The highest BCUT2D eigenvalue weighted by atomic mass is 32.1. The van der Waals surface area contributed by atoms with E-state index in [-0.39, 0.29) is 17.2 Å². The normalized spacial score (nSPS) is 16.2. The SMILES string of the molecule is CCOC(=O)C1=C(C)Nc2nc(=S)[nH]c(N)c2C1c1ccccc1F. The van der Waals surface area contributed by atoms with Crippen molar-refractivity contribution in [3.63, 3.8) is 0 Å². The van der Waals surface area contributed by atoms with Gasteiger partial charge < -0.3 is 20.8 Å². The van der Waals surface area contributed by atoms with Gasteiger partial charge in [-0.3, -0.25) is 0 Å². The third-order valence-corrected chi connectivity index (χ3v) is 4.19. The predicted molar refractivity (Wildman–Crippen MR) is 95.0 cm³/mol. The Morgan fingerprint density at radius 1 is 1.44 bits per heavy atom. The van der Waals surface area contributed by atoms with Crippen LogP contribution in [0.25, 0.3) is 0 Å². The molecule has 0 spiro atoms.